The normalized spacial score (nSPS) is 22.6. The van der Waals surface area contributed by atoms with Crippen molar-refractivity contribution in [1.82, 2.24) is 4.90 Å². The molecule has 1 amide bonds. The molecule has 3 nitrogen and oxygen atoms in total. The first-order valence-corrected chi connectivity index (χ1v) is 10.0. The molecular weight excluding hydrogens is 410 g/mol. The predicted molar refractivity (Wildman–Crippen MR) is 108 cm³/mol. The summed E-state index contributed by atoms with van der Waals surface area (Å²) in [4.78, 5) is 14.9. The summed E-state index contributed by atoms with van der Waals surface area (Å²) in [5.74, 6) is -0.799. The predicted octanol–water partition coefficient (Wildman–Crippen LogP) is 5.12. The number of alkyl halides is 3. The minimum atomic E-state index is -4.62. The maximum atomic E-state index is 14.6. The lowest BCUT2D eigenvalue weighted by molar-refractivity contribution is -0.137. The van der Waals surface area contributed by atoms with Gasteiger partial charge in [0.15, 0.2) is 0 Å². The highest BCUT2D eigenvalue weighted by molar-refractivity contribution is 6.11. The van der Waals surface area contributed by atoms with Gasteiger partial charge in [-0.05, 0) is 46.9 Å². The molecule has 0 unspecified atom stereocenters. The van der Waals surface area contributed by atoms with Gasteiger partial charge in [0.25, 0.3) is 5.91 Å². The average Bonchev–Trinajstić information content (AvgIpc) is 3.32. The van der Waals surface area contributed by atoms with Crippen LogP contribution < -0.4 is 0 Å². The second kappa shape index (κ2) is 6.79. The van der Waals surface area contributed by atoms with Crippen LogP contribution in [0.15, 0.2) is 54.6 Å². The minimum Gasteiger partial charge on any atom is -0.396 e. The van der Waals surface area contributed by atoms with Crippen LogP contribution in [0, 0.1) is 17.2 Å². The lowest BCUT2D eigenvalue weighted by atomic mass is 9.93. The highest BCUT2D eigenvalue weighted by Gasteiger charge is 2.60. The summed E-state index contributed by atoms with van der Waals surface area (Å²) < 4.78 is 53.3. The molecule has 0 spiro atoms. The molecule has 160 valence electrons. The summed E-state index contributed by atoms with van der Waals surface area (Å²) in [6, 6.07) is 12.7. The number of carbonyl (C=O) groups excluding carboxylic acids is 1. The number of piperidine rings is 1. The van der Waals surface area contributed by atoms with Gasteiger partial charge in [0.2, 0.25) is 0 Å². The molecule has 1 saturated heterocycles. The third kappa shape index (κ3) is 3.19. The summed E-state index contributed by atoms with van der Waals surface area (Å²) >= 11 is 0. The van der Waals surface area contributed by atoms with Gasteiger partial charge in [0.1, 0.15) is 5.82 Å². The summed E-state index contributed by atoms with van der Waals surface area (Å²) in [6.07, 6.45) is -3.69. The Morgan fingerprint density at radius 2 is 1.77 bits per heavy atom. The van der Waals surface area contributed by atoms with E-state index < -0.39 is 17.6 Å². The van der Waals surface area contributed by atoms with E-state index in [1.165, 1.54) is 0 Å². The highest BCUT2D eigenvalue weighted by Crippen LogP contribution is 2.57. The number of nitrogens with zero attached hydrogens (tertiary/aromatic N) is 1. The van der Waals surface area contributed by atoms with E-state index in [9.17, 15) is 27.5 Å². The van der Waals surface area contributed by atoms with Gasteiger partial charge in [-0.3, -0.25) is 4.79 Å². The topological polar surface area (TPSA) is 40.5 Å². The van der Waals surface area contributed by atoms with Crippen LogP contribution in [0.4, 0.5) is 17.6 Å². The molecule has 1 saturated carbocycles. The van der Waals surface area contributed by atoms with E-state index in [1.807, 2.05) is 0 Å². The first kappa shape index (κ1) is 20.0. The maximum Gasteiger partial charge on any atom is 0.416 e. The zero-order valence-electron chi connectivity index (χ0n) is 16.4. The van der Waals surface area contributed by atoms with Crippen molar-refractivity contribution < 1.29 is 27.5 Å². The SMILES string of the molecule is O=C(c1ccc(-c2ccc(C(F)(F)F)cc2F)c2ccccc12)N1C[C@H]2C[C@@]2(CO)C1. The van der Waals surface area contributed by atoms with Crippen molar-refractivity contribution in [2.45, 2.75) is 12.6 Å². The fourth-order valence-electron chi connectivity index (χ4n) is 4.79. The molecule has 1 aliphatic heterocycles. The number of aliphatic hydroxyl groups is 1. The van der Waals surface area contributed by atoms with Crippen LogP contribution >= 0.6 is 0 Å². The third-order valence-corrected chi connectivity index (χ3v) is 6.65. The summed E-state index contributed by atoms with van der Waals surface area (Å²) in [5, 5.41) is 10.8. The number of amides is 1. The number of fused-ring (bicyclic) bond motifs is 2. The number of hydrogen-bond acceptors (Lipinski definition) is 2. The third-order valence-electron chi connectivity index (χ3n) is 6.65. The number of halogens is 4. The van der Waals surface area contributed by atoms with Gasteiger partial charge < -0.3 is 10.0 Å². The number of hydrogen-bond donors (Lipinski definition) is 1. The Morgan fingerprint density at radius 1 is 1.06 bits per heavy atom. The summed E-state index contributed by atoms with van der Waals surface area (Å²) in [6.45, 7) is 1.17. The molecule has 1 heterocycles. The van der Waals surface area contributed by atoms with Crippen LogP contribution in [0.5, 0.6) is 0 Å². The van der Waals surface area contributed by atoms with Crippen LogP contribution in [-0.4, -0.2) is 35.6 Å². The molecule has 31 heavy (non-hydrogen) atoms. The fraction of sp³-hybridized carbons (Fsp3) is 0.292. The molecule has 1 aliphatic carbocycles. The molecule has 2 aliphatic rings. The average molecular weight is 429 g/mol. The van der Waals surface area contributed by atoms with E-state index >= 15 is 0 Å². The fourth-order valence-corrected chi connectivity index (χ4v) is 4.79. The van der Waals surface area contributed by atoms with Gasteiger partial charge in [-0.1, -0.05) is 36.4 Å². The molecule has 3 aromatic rings. The zero-order valence-corrected chi connectivity index (χ0v) is 16.4. The van der Waals surface area contributed by atoms with Crippen molar-refractivity contribution in [1.29, 1.82) is 0 Å². The van der Waals surface area contributed by atoms with Gasteiger partial charge in [-0.2, -0.15) is 13.2 Å². The number of likely N-dealkylation sites (tertiary alicyclic amines) is 1. The Balaban J connectivity index is 1.55. The molecule has 2 fully saturated rings. The summed E-state index contributed by atoms with van der Waals surface area (Å²) in [7, 11) is 0. The Kier molecular flexibility index (Phi) is 4.38. The van der Waals surface area contributed by atoms with Crippen molar-refractivity contribution >= 4 is 16.7 Å². The van der Waals surface area contributed by atoms with Gasteiger partial charge in [0, 0.05) is 29.6 Å². The zero-order chi connectivity index (χ0) is 22.0. The van der Waals surface area contributed by atoms with Gasteiger partial charge in [0.05, 0.1) is 12.2 Å². The van der Waals surface area contributed by atoms with Crippen molar-refractivity contribution in [3.05, 3.63) is 71.5 Å². The van der Waals surface area contributed by atoms with E-state index in [-0.39, 0.29) is 23.5 Å². The van der Waals surface area contributed by atoms with E-state index in [0.29, 0.717) is 47.0 Å². The second-order valence-corrected chi connectivity index (χ2v) is 8.51. The highest BCUT2D eigenvalue weighted by atomic mass is 19.4. The van der Waals surface area contributed by atoms with Crippen molar-refractivity contribution in [3.63, 3.8) is 0 Å². The molecular formula is C24H19F4NO2. The number of carbonyl (C=O) groups is 1. The Morgan fingerprint density at radius 3 is 2.42 bits per heavy atom. The Hall–Kier alpha value is -2.93. The quantitative estimate of drug-likeness (QED) is 0.588. The number of rotatable bonds is 3. The van der Waals surface area contributed by atoms with E-state index in [2.05, 4.69) is 0 Å². The van der Waals surface area contributed by atoms with Crippen LogP contribution in [0.1, 0.15) is 22.3 Å². The largest absolute Gasteiger partial charge is 0.416 e. The first-order chi connectivity index (χ1) is 14.7. The standard InChI is InChI=1S/C24H19F4NO2/c25-21-9-14(24(26,27)28)5-6-19(21)18-7-8-20(17-4-2-1-3-16(17)18)22(31)29-11-15-10-23(15,12-29)13-30/h1-9,15,30H,10-13H2/t15-,23+/m1/s1. The minimum absolute atomic E-state index is 0.0462. The summed E-state index contributed by atoms with van der Waals surface area (Å²) in [5.41, 5.74) is -0.287. The molecule has 0 radical (unpaired) electrons. The van der Waals surface area contributed by atoms with E-state index in [0.717, 1.165) is 18.6 Å². The number of aliphatic hydroxyl groups excluding tert-OH is 1. The van der Waals surface area contributed by atoms with Crippen LogP contribution in [0.25, 0.3) is 21.9 Å². The van der Waals surface area contributed by atoms with Crippen molar-refractivity contribution in [2.75, 3.05) is 19.7 Å². The van der Waals surface area contributed by atoms with Gasteiger partial charge in [-0.15, -0.1) is 0 Å². The van der Waals surface area contributed by atoms with Gasteiger partial charge >= 0.3 is 6.18 Å². The smallest absolute Gasteiger partial charge is 0.396 e. The molecule has 1 N–H and O–H groups in total. The van der Waals surface area contributed by atoms with E-state index in [4.69, 9.17) is 0 Å². The molecule has 2 atom stereocenters. The molecule has 7 heteroatoms. The molecule has 3 aromatic carbocycles. The first-order valence-electron chi connectivity index (χ1n) is 10.0. The van der Waals surface area contributed by atoms with E-state index in [1.54, 1.807) is 41.3 Å². The lowest BCUT2D eigenvalue weighted by Crippen LogP contribution is -2.32. The Labute approximate surface area is 175 Å². The number of benzene rings is 3. The Bertz CT molecular complexity index is 1200. The van der Waals surface area contributed by atoms with Gasteiger partial charge in [-0.25, -0.2) is 4.39 Å². The van der Waals surface area contributed by atoms with Crippen LogP contribution in [-0.2, 0) is 6.18 Å². The molecule has 0 bridgehead atoms. The second-order valence-electron chi connectivity index (χ2n) is 8.51. The van der Waals surface area contributed by atoms with Crippen LogP contribution in [0.2, 0.25) is 0 Å². The maximum absolute atomic E-state index is 14.6. The lowest BCUT2D eigenvalue weighted by Gasteiger charge is -2.22. The van der Waals surface area contributed by atoms with Crippen molar-refractivity contribution in [2.24, 2.45) is 11.3 Å². The van der Waals surface area contributed by atoms with Crippen molar-refractivity contribution in [3.8, 4) is 11.1 Å². The monoisotopic (exact) mass is 429 g/mol. The molecule has 5 rings (SSSR count). The molecule has 0 aromatic heterocycles. The van der Waals surface area contributed by atoms with Crippen LogP contribution in [0.3, 0.4) is 0 Å².